The van der Waals surface area contributed by atoms with E-state index in [-0.39, 0.29) is 11.8 Å². The molecule has 1 aromatic carbocycles. The maximum atomic E-state index is 12.1. The number of rotatable bonds is 5. The van der Waals surface area contributed by atoms with Gasteiger partial charge in [-0.25, -0.2) is 0 Å². The zero-order valence-corrected chi connectivity index (χ0v) is 12.4. The lowest BCUT2D eigenvalue weighted by molar-refractivity contribution is -0.135. The number of hydrogen-bond donors (Lipinski definition) is 2. The van der Waals surface area contributed by atoms with Gasteiger partial charge in [-0.1, -0.05) is 30.3 Å². The smallest absolute Gasteiger partial charge is 0.244 e. The van der Waals surface area contributed by atoms with Crippen LogP contribution in [0.15, 0.2) is 30.3 Å². The molecule has 114 valence electrons. The van der Waals surface area contributed by atoms with Gasteiger partial charge in [0.05, 0.1) is 6.04 Å². The quantitative estimate of drug-likeness (QED) is 0.837. The largest absolute Gasteiger partial charge is 0.343 e. The lowest BCUT2D eigenvalue weighted by Crippen LogP contribution is -2.51. The first kappa shape index (κ1) is 15.5. The fourth-order valence-electron chi connectivity index (χ4n) is 2.55. The number of likely N-dealkylation sites (tertiary alicyclic amines) is 1. The van der Waals surface area contributed by atoms with E-state index < -0.39 is 12.1 Å². The van der Waals surface area contributed by atoms with Gasteiger partial charge in [-0.05, 0) is 31.7 Å². The summed E-state index contributed by atoms with van der Waals surface area (Å²) in [6.07, 6.45) is 2.55. The average Bonchev–Trinajstić information content (AvgIpc) is 3.01. The predicted molar refractivity (Wildman–Crippen MR) is 81.5 cm³/mol. The lowest BCUT2D eigenvalue weighted by atomic mass is 10.1. The first-order valence-electron chi connectivity index (χ1n) is 7.46. The van der Waals surface area contributed by atoms with Crippen molar-refractivity contribution in [2.45, 2.75) is 38.3 Å². The van der Waals surface area contributed by atoms with Crippen LogP contribution >= 0.6 is 0 Å². The number of carbonyl (C=O) groups excluding carboxylic acids is 2. The van der Waals surface area contributed by atoms with Crippen LogP contribution in [-0.2, 0) is 16.0 Å². The normalized spacial score (nSPS) is 17.3. The number of nitrogens with two attached hydrogens (primary N) is 1. The third kappa shape index (κ3) is 4.29. The Hall–Kier alpha value is -1.88. The molecular weight excluding hydrogens is 266 g/mol. The molecule has 2 rings (SSSR count). The van der Waals surface area contributed by atoms with Crippen LogP contribution in [0.4, 0.5) is 0 Å². The Labute approximate surface area is 125 Å². The maximum Gasteiger partial charge on any atom is 0.244 e. The van der Waals surface area contributed by atoms with Gasteiger partial charge in [0.25, 0.3) is 0 Å². The van der Waals surface area contributed by atoms with Gasteiger partial charge >= 0.3 is 0 Å². The molecule has 1 fully saturated rings. The third-order valence-electron chi connectivity index (χ3n) is 3.78. The van der Waals surface area contributed by atoms with Crippen LogP contribution in [0.2, 0.25) is 0 Å². The van der Waals surface area contributed by atoms with Gasteiger partial charge < -0.3 is 16.0 Å². The average molecular weight is 289 g/mol. The summed E-state index contributed by atoms with van der Waals surface area (Å²) in [5.74, 6) is -0.299. The first-order valence-corrected chi connectivity index (χ1v) is 7.46. The Morgan fingerprint density at radius 1 is 1.24 bits per heavy atom. The molecule has 2 amide bonds. The van der Waals surface area contributed by atoms with Crippen molar-refractivity contribution < 1.29 is 9.59 Å². The van der Waals surface area contributed by atoms with Crippen molar-refractivity contribution >= 4 is 11.8 Å². The summed E-state index contributed by atoms with van der Waals surface area (Å²) in [7, 11) is 0. The molecule has 0 aliphatic carbocycles. The zero-order valence-electron chi connectivity index (χ0n) is 12.4. The fourth-order valence-corrected chi connectivity index (χ4v) is 2.55. The molecule has 0 aromatic heterocycles. The van der Waals surface area contributed by atoms with E-state index in [1.165, 1.54) is 0 Å². The maximum absolute atomic E-state index is 12.1. The van der Waals surface area contributed by atoms with Crippen molar-refractivity contribution in [3.05, 3.63) is 35.9 Å². The van der Waals surface area contributed by atoms with Gasteiger partial charge in [-0.3, -0.25) is 9.59 Å². The van der Waals surface area contributed by atoms with Crippen LogP contribution in [0.1, 0.15) is 25.3 Å². The highest BCUT2D eigenvalue weighted by atomic mass is 16.2. The van der Waals surface area contributed by atoms with E-state index in [4.69, 9.17) is 5.73 Å². The minimum absolute atomic E-state index is 0.0206. The molecule has 1 aliphatic rings. The van der Waals surface area contributed by atoms with E-state index in [1.807, 2.05) is 30.3 Å². The number of carbonyl (C=O) groups is 2. The van der Waals surface area contributed by atoms with E-state index >= 15 is 0 Å². The molecule has 0 spiro atoms. The second-order valence-corrected chi connectivity index (χ2v) is 5.56. The van der Waals surface area contributed by atoms with Crippen molar-refractivity contribution in [1.29, 1.82) is 0 Å². The summed E-state index contributed by atoms with van der Waals surface area (Å²) in [6.45, 7) is 3.29. The summed E-state index contributed by atoms with van der Waals surface area (Å²) < 4.78 is 0. The molecule has 21 heavy (non-hydrogen) atoms. The molecule has 0 radical (unpaired) electrons. The number of hydrogen-bond acceptors (Lipinski definition) is 3. The van der Waals surface area contributed by atoms with E-state index in [9.17, 15) is 9.59 Å². The standard InChI is InChI=1S/C16H23N3O2/c1-12(16(21)19-9-5-6-10-19)18-15(20)14(17)11-13-7-3-2-4-8-13/h2-4,7-8,12,14H,5-6,9-11,17H2,1H3,(H,18,20). The number of amides is 2. The van der Waals surface area contributed by atoms with Gasteiger partial charge in [0.15, 0.2) is 0 Å². The topological polar surface area (TPSA) is 75.4 Å². The minimum Gasteiger partial charge on any atom is -0.343 e. The van der Waals surface area contributed by atoms with Crippen LogP contribution in [-0.4, -0.2) is 41.9 Å². The highest BCUT2D eigenvalue weighted by molar-refractivity contribution is 5.89. The summed E-state index contributed by atoms with van der Waals surface area (Å²) >= 11 is 0. The zero-order chi connectivity index (χ0) is 15.2. The Kier molecular flexibility index (Phi) is 5.33. The van der Waals surface area contributed by atoms with Crippen molar-refractivity contribution in [1.82, 2.24) is 10.2 Å². The van der Waals surface area contributed by atoms with E-state index in [2.05, 4.69) is 5.32 Å². The Bertz CT molecular complexity index is 484. The monoisotopic (exact) mass is 289 g/mol. The summed E-state index contributed by atoms with van der Waals surface area (Å²) in [5.41, 5.74) is 6.93. The summed E-state index contributed by atoms with van der Waals surface area (Å²) in [5, 5.41) is 2.72. The Balaban J connectivity index is 1.83. The second kappa shape index (κ2) is 7.22. The highest BCUT2D eigenvalue weighted by Gasteiger charge is 2.25. The third-order valence-corrected chi connectivity index (χ3v) is 3.78. The fraction of sp³-hybridized carbons (Fsp3) is 0.500. The van der Waals surface area contributed by atoms with Crippen molar-refractivity contribution in [3.8, 4) is 0 Å². The molecule has 2 atom stereocenters. The molecule has 5 nitrogen and oxygen atoms in total. The Morgan fingerprint density at radius 3 is 2.48 bits per heavy atom. The van der Waals surface area contributed by atoms with Gasteiger partial charge in [-0.15, -0.1) is 0 Å². The van der Waals surface area contributed by atoms with E-state index in [0.717, 1.165) is 31.5 Å². The van der Waals surface area contributed by atoms with Crippen LogP contribution in [0.25, 0.3) is 0 Å². The van der Waals surface area contributed by atoms with Gasteiger partial charge in [0, 0.05) is 13.1 Å². The molecule has 1 heterocycles. The van der Waals surface area contributed by atoms with Crippen LogP contribution in [0.5, 0.6) is 0 Å². The van der Waals surface area contributed by atoms with E-state index in [0.29, 0.717) is 6.42 Å². The molecular formula is C16H23N3O2. The second-order valence-electron chi connectivity index (χ2n) is 5.56. The minimum atomic E-state index is -0.638. The number of benzene rings is 1. The summed E-state index contributed by atoms with van der Waals surface area (Å²) in [4.78, 5) is 26.0. The molecule has 5 heteroatoms. The van der Waals surface area contributed by atoms with Gasteiger partial charge in [-0.2, -0.15) is 0 Å². The van der Waals surface area contributed by atoms with Crippen molar-refractivity contribution in [2.24, 2.45) is 5.73 Å². The highest BCUT2D eigenvalue weighted by Crippen LogP contribution is 2.09. The van der Waals surface area contributed by atoms with Crippen molar-refractivity contribution in [3.63, 3.8) is 0 Å². The van der Waals surface area contributed by atoms with Gasteiger partial charge in [0.1, 0.15) is 6.04 Å². The summed E-state index contributed by atoms with van der Waals surface area (Å²) in [6, 6.07) is 8.47. The van der Waals surface area contributed by atoms with Gasteiger partial charge in [0.2, 0.25) is 11.8 Å². The molecule has 3 N–H and O–H groups in total. The predicted octanol–water partition coefficient (Wildman–Crippen LogP) is 0.684. The molecule has 1 aliphatic heterocycles. The van der Waals surface area contributed by atoms with Crippen molar-refractivity contribution in [2.75, 3.05) is 13.1 Å². The van der Waals surface area contributed by atoms with E-state index in [1.54, 1.807) is 11.8 Å². The first-order chi connectivity index (χ1) is 10.1. The Morgan fingerprint density at radius 2 is 1.86 bits per heavy atom. The molecule has 0 bridgehead atoms. The lowest BCUT2D eigenvalue weighted by Gasteiger charge is -2.22. The van der Waals surface area contributed by atoms with Crippen LogP contribution in [0.3, 0.4) is 0 Å². The van der Waals surface area contributed by atoms with Crippen LogP contribution < -0.4 is 11.1 Å². The molecule has 1 aromatic rings. The number of nitrogens with zero attached hydrogens (tertiary/aromatic N) is 1. The SMILES string of the molecule is CC(NC(=O)C(N)Cc1ccccc1)C(=O)N1CCCC1. The molecule has 2 unspecified atom stereocenters. The van der Waals surface area contributed by atoms with Crippen LogP contribution in [0, 0.1) is 0 Å². The molecule has 1 saturated heterocycles. The molecule has 0 saturated carbocycles. The number of nitrogens with one attached hydrogen (secondary N) is 1.